The SMILES string of the molecule is O=C(O)c1ccc(-c2cccc(Cl)c2)[nH]1. The number of hydrogen-bond donors (Lipinski definition) is 2. The first kappa shape index (κ1) is 9.80. The van der Waals surface area contributed by atoms with Gasteiger partial charge in [-0.3, -0.25) is 0 Å². The predicted octanol–water partition coefficient (Wildman–Crippen LogP) is 3.03. The molecule has 0 saturated carbocycles. The van der Waals surface area contributed by atoms with Crippen molar-refractivity contribution in [1.82, 2.24) is 4.98 Å². The lowest BCUT2D eigenvalue weighted by atomic mass is 10.2. The topological polar surface area (TPSA) is 53.1 Å². The van der Waals surface area contributed by atoms with Crippen LogP contribution in [-0.4, -0.2) is 16.1 Å². The molecule has 1 heterocycles. The Balaban J connectivity index is 2.41. The third-order valence-corrected chi connectivity index (χ3v) is 2.29. The molecule has 1 aromatic heterocycles. The van der Waals surface area contributed by atoms with Crippen LogP contribution in [-0.2, 0) is 0 Å². The number of aromatic amines is 1. The van der Waals surface area contributed by atoms with Crippen LogP contribution < -0.4 is 0 Å². The number of hydrogen-bond acceptors (Lipinski definition) is 1. The molecule has 2 N–H and O–H groups in total. The predicted molar refractivity (Wildman–Crippen MR) is 58.2 cm³/mol. The van der Waals surface area contributed by atoms with Gasteiger partial charge in [0.1, 0.15) is 5.69 Å². The van der Waals surface area contributed by atoms with Gasteiger partial charge in [-0.15, -0.1) is 0 Å². The first-order chi connectivity index (χ1) is 7.16. The van der Waals surface area contributed by atoms with Gasteiger partial charge in [0.2, 0.25) is 0 Å². The van der Waals surface area contributed by atoms with Crippen LogP contribution in [0.2, 0.25) is 5.02 Å². The summed E-state index contributed by atoms with van der Waals surface area (Å²) in [5.74, 6) is -0.969. The Morgan fingerprint density at radius 3 is 2.67 bits per heavy atom. The molecule has 0 amide bonds. The van der Waals surface area contributed by atoms with E-state index in [9.17, 15) is 4.79 Å². The molecule has 0 fully saturated rings. The fraction of sp³-hybridized carbons (Fsp3) is 0. The van der Waals surface area contributed by atoms with Gasteiger partial charge in [0.15, 0.2) is 0 Å². The molecule has 15 heavy (non-hydrogen) atoms. The maximum atomic E-state index is 10.7. The number of benzene rings is 1. The fourth-order valence-corrected chi connectivity index (χ4v) is 1.53. The summed E-state index contributed by atoms with van der Waals surface area (Å²) in [7, 11) is 0. The highest BCUT2D eigenvalue weighted by Gasteiger charge is 2.06. The van der Waals surface area contributed by atoms with Crippen LogP contribution >= 0.6 is 11.6 Å². The van der Waals surface area contributed by atoms with Crippen molar-refractivity contribution in [3.05, 3.63) is 47.1 Å². The minimum Gasteiger partial charge on any atom is -0.477 e. The Morgan fingerprint density at radius 2 is 2.07 bits per heavy atom. The number of carbonyl (C=O) groups is 1. The normalized spacial score (nSPS) is 10.2. The van der Waals surface area contributed by atoms with E-state index in [1.807, 2.05) is 12.1 Å². The quantitative estimate of drug-likeness (QED) is 0.819. The zero-order valence-electron chi connectivity index (χ0n) is 7.70. The summed E-state index contributed by atoms with van der Waals surface area (Å²) in [5, 5.41) is 9.37. The summed E-state index contributed by atoms with van der Waals surface area (Å²) < 4.78 is 0. The lowest BCUT2D eigenvalue weighted by Crippen LogP contribution is -1.95. The van der Waals surface area contributed by atoms with Gasteiger partial charge in [-0.05, 0) is 29.8 Å². The second kappa shape index (κ2) is 3.79. The zero-order valence-corrected chi connectivity index (χ0v) is 8.45. The summed E-state index contributed by atoms with van der Waals surface area (Å²) in [6.45, 7) is 0. The molecule has 0 aliphatic rings. The maximum Gasteiger partial charge on any atom is 0.352 e. The summed E-state index contributed by atoms with van der Waals surface area (Å²) in [6, 6.07) is 10.5. The van der Waals surface area contributed by atoms with Crippen molar-refractivity contribution in [3.63, 3.8) is 0 Å². The van der Waals surface area contributed by atoms with Crippen molar-refractivity contribution < 1.29 is 9.90 Å². The molecular weight excluding hydrogens is 214 g/mol. The molecule has 0 unspecified atom stereocenters. The average molecular weight is 222 g/mol. The van der Waals surface area contributed by atoms with Gasteiger partial charge in [-0.2, -0.15) is 0 Å². The van der Waals surface area contributed by atoms with E-state index >= 15 is 0 Å². The van der Waals surface area contributed by atoms with Gasteiger partial charge in [0.25, 0.3) is 0 Å². The van der Waals surface area contributed by atoms with Gasteiger partial charge < -0.3 is 10.1 Å². The van der Waals surface area contributed by atoms with E-state index in [4.69, 9.17) is 16.7 Å². The third-order valence-electron chi connectivity index (χ3n) is 2.05. The van der Waals surface area contributed by atoms with Crippen molar-refractivity contribution in [1.29, 1.82) is 0 Å². The van der Waals surface area contributed by atoms with E-state index in [1.165, 1.54) is 6.07 Å². The summed E-state index contributed by atoms with van der Waals surface area (Å²) in [4.78, 5) is 13.5. The lowest BCUT2D eigenvalue weighted by molar-refractivity contribution is 0.0691. The molecule has 0 radical (unpaired) electrons. The number of aromatic nitrogens is 1. The smallest absolute Gasteiger partial charge is 0.352 e. The summed E-state index contributed by atoms with van der Waals surface area (Å²) in [6.07, 6.45) is 0. The van der Waals surface area contributed by atoms with Gasteiger partial charge in [-0.1, -0.05) is 23.7 Å². The fourth-order valence-electron chi connectivity index (χ4n) is 1.34. The van der Waals surface area contributed by atoms with Crippen molar-refractivity contribution >= 4 is 17.6 Å². The molecule has 0 aliphatic carbocycles. The third kappa shape index (κ3) is 2.02. The Kier molecular flexibility index (Phi) is 2.47. The molecule has 2 rings (SSSR count). The molecular formula is C11H8ClNO2. The molecule has 2 aromatic rings. The number of rotatable bonds is 2. The Bertz CT molecular complexity index is 505. The molecule has 0 atom stereocenters. The maximum absolute atomic E-state index is 10.7. The van der Waals surface area contributed by atoms with Gasteiger partial charge >= 0.3 is 5.97 Å². The van der Waals surface area contributed by atoms with E-state index in [0.29, 0.717) is 5.02 Å². The van der Waals surface area contributed by atoms with Crippen LogP contribution in [0.4, 0.5) is 0 Å². The van der Waals surface area contributed by atoms with Crippen LogP contribution in [0, 0.1) is 0 Å². The van der Waals surface area contributed by atoms with Crippen molar-refractivity contribution in [2.45, 2.75) is 0 Å². The number of halogens is 1. The van der Waals surface area contributed by atoms with E-state index in [0.717, 1.165) is 11.3 Å². The van der Waals surface area contributed by atoms with Gasteiger partial charge in [0.05, 0.1) is 0 Å². The molecule has 0 bridgehead atoms. The Labute approximate surface area is 91.3 Å². The summed E-state index contributed by atoms with van der Waals surface area (Å²) in [5.41, 5.74) is 1.79. The first-order valence-electron chi connectivity index (χ1n) is 4.35. The molecule has 0 spiro atoms. The van der Waals surface area contributed by atoms with Gasteiger partial charge in [0, 0.05) is 10.7 Å². The lowest BCUT2D eigenvalue weighted by Gasteiger charge is -1.98. The molecule has 76 valence electrons. The number of aromatic carboxylic acids is 1. The largest absolute Gasteiger partial charge is 0.477 e. The standard InChI is InChI=1S/C11H8ClNO2/c12-8-3-1-2-7(6-8)9-4-5-10(13-9)11(14)15/h1-6,13H,(H,14,15). The van der Waals surface area contributed by atoms with E-state index in [2.05, 4.69) is 4.98 Å². The Morgan fingerprint density at radius 1 is 1.27 bits per heavy atom. The van der Waals surface area contributed by atoms with Gasteiger partial charge in [-0.25, -0.2) is 4.79 Å². The Hall–Kier alpha value is -1.74. The van der Waals surface area contributed by atoms with Crippen LogP contribution in [0.15, 0.2) is 36.4 Å². The van der Waals surface area contributed by atoms with E-state index < -0.39 is 5.97 Å². The van der Waals surface area contributed by atoms with Crippen LogP contribution in [0.5, 0.6) is 0 Å². The molecule has 0 aliphatic heterocycles. The van der Waals surface area contributed by atoms with Crippen LogP contribution in [0.25, 0.3) is 11.3 Å². The van der Waals surface area contributed by atoms with Crippen LogP contribution in [0.1, 0.15) is 10.5 Å². The van der Waals surface area contributed by atoms with Crippen molar-refractivity contribution in [2.24, 2.45) is 0 Å². The zero-order chi connectivity index (χ0) is 10.8. The van der Waals surface area contributed by atoms with E-state index in [1.54, 1.807) is 18.2 Å². The molecule has 4 heteroatoms. The number of H-pyrrole nitrogens is 1. The molecule has 3 nitrogen and oxygen atoms in total. The van der Waals surface area contributed by atoms with Crippen molar-refractivity contribution in [2.75, 3.05) is 0 Å². The first-order valence-corrected chi connectivity index (χ1v) is 4.73. The highest BCUT2D eigenvalue weighted by atomic mass is 35.5. The monoisotopic (exact) mass is 221 g/mol. The highest BCUT2D eigenvalue weighted by molar-refractivity contribution is 6.30. The van der Waals surface area contributed by atoms with Crippen molar-refractivity contribution in [3.8, 4) is 11.3 Å². The second-order valence-electron chi connectivity index (χ2n) is 3.10. The molecule has 0 saturated heterocycles. The molecule has 1 aromatic carbocycles. The minimum absolute atomic E-state index is 0.171. The van der Waals surface area contributed by atoms with Crippen LogP contribution in [0.3, 0.4) is 0 Å². The number of carboxylic acid groups (broad SMARTS) is 1. The highest BCUT2D eigenvalue weighted by Crippen LogP contribution is 2.21. The minimum atomic E-state index is -0.969. The number of nitrogens with one attached hydrogen (secondary N) is 1. The average Bonchev–Trinajstić information content (AvgIpc) is 2.66. The second-order valence-corrected chi connectivity index (χ2v) is 3.54. The summed E-state index contributed by atoms with van der Waals surface area (Å²) >= 11 is 5.83. The number of carboxylic acids is 1. The van der Waals surface area contributed by atoms with E-state index in [-0.39, 0.29) is 5.69 Å².